The lowest BCUT2D eigenvalue weighted by atomic mass is 10.1. The van der Waals surface area contributed by atoms with E-state index in [1.54, 1.807) is 6.07 Å². The minimum atomic E-state index is -1.02. The Morgan fingerprint density at radius 2 is 2.11 bits per heavy atom. The van der Waals surface area contributed by atoms with E-state index in [2.05, 4.69) is 9.97 Å². The van der Waals surface area contributed by atoms with E-state index in [-0.39, 0.29) is 12.2 Å². The summed E-state index contributed by atoms with van der Waals surface area (Å²) in [5.41, 5.74) is 1.11. The van der Waals surface area contributed by atoms with Gasteiger partial charge >= 0.3 is 5.97 Å². The molecule has 1 N–H and O–H groups in total. The quantitative estimate of drug-likeness (QED) is 0.911. The highest BCUT2D eigenvalue weighted by molar-refractivity contribution is 5.73. The summed E-state index contributed by atoms with van der Waals surface area (Å²) in [4.78, 5) is 18.8. The molecule has 0 atom stereocenters. The van der Waals surface area contributed by atoms with Crippen molar-refractivity contribution in [3.63, 3.8) is 0 Å². The second-order valence-electron chi connectivity index (χ2n) is 3.77. The molecule has 6 heteroatoms. The summed E-state index contributed by atoms with van der Waals surface area (Å²) in [6, 6.07) is 4.31. The fraction of sp³-hybridized carbons (Fsp3) is 0.154. The maximum absolute atomic E-state index is 13.6. The van der Waals surface area contributed by atoms with E-state index < -0.39 is 11.8 Å². The molecule has 2 aromatic rings. The number of methoxy groups -OCH3 is 1. The molecule has 0 unspecified atom stereocenters. The van der Waals surface area contributed by atoms with Crippen LogP contribution in [0.1, 0.15) is 5.69 Å². The summed E-state index contributed by atoms with van der Waals surface area (Å²) in [7, 11) is 1.37. The zero-order chi connectivity index (χ0) is 13.8. The standard InChI is InChI=1S/C13H11FN2O3/c1-19-11-3-2-8(6-9(11)14)13-10(7-12(17)18)15-4-5-16-13/h2-6H,7H2,1H3,(H,17,18). The summed E-state index contributed by atoms with van der Waals surface area (Å²) in [5, 5.41) is 8.81. The zero-order valence-electron chi connectivity index (χ0n) is 10.1. The Balaban J connectivity index is 2.46. The van der Waals surface area contributed by atoms with E-state index in [4.69, 9.17) is 9.84 Å². The third kappa shape index (κ3) is 2.85. The number of hydrogen-bond acceptors (Lipinski definition) is 4. The predicted octanol–water partition coefficient (Wildman–Crippen LogP) is 1.92. The van der Waals surface area contributed by atoms with Crippen LogP contribution in [0.15, 0.2) is 30.6 Å². The Labute approximate surface area is 108 Å². The van der Waals surface area contributed by atoms with Crippen LogP contribution in [0, 0.1) is 5.82 Å². The topological polar surface area (TPSA) is 72.3 Å². The second kappa shape index (κ2) is 5.43. The lowest BCUT2D eigenvalue weighted by Gasteiger charge is -2.07. The maximum Gasteiger partial charge on any atom is 0.309 e. The van der Waals surface area contributed by atoms with Gasteiger partial charge in [0.15, 0.2) is 11.6 Å². The molecule has 0 radical (unpaired) electrons. The zero-order valence-corrected chi connectivity index (χ0v) is 10.1. The number of carboxylic acids is 1. The van der Waals surface area contributed by atoms with Crippen LogP contribution in [0.25, 0.3) is 11.3 Å². The Morgan fingerprint density at radius 1 is 1.37 bits per heavy atom. The molecule has 1 aromatic heterocycles. The monoisotopic (exact) mass is 262 g/mol. The van der Waals surface area contributed by atoms with Gasteiger partial charge in [-0.3, -0.25) is 14.8 Å². The SMILES string of the molecule is COc1ccc(-c2nccnc2CC(=O)O)cc1F. The van der Waals surface area contributed by atoms with Crippen molar-refractivity contribution in [1.29, 1.82) is 0 Å². The number of aromatic nitrogens is 2. The highest BCUT2D eigenvalue weighted by Crippen LogP contribution is 2.25. The minimum Gasteiger partial charge on any atom is -0.494 e. The Hall–Kier alpha value is -2.50. The van der Waals surface area contributed by atoms with Crippen LogP contribution in [0.3, 0.4) is 0 Å². The van der Waals surface area contributed by atoms with Gasteiger partial charge in [0.05, 0.1) is 24.9 Å². The fourth-order valence-electron chi connectivity index (χ4n) is 1.69. The highest BCUT2D eigenvalue weighted by Gasteiger charge is 2.13. The van der Waals surface area contributed by atoms with Gasteiger partial charge in [0.25, 0.3) is 0 Å². The molecule has 0 amide bonds. The average Bonchev–Trinajstić information content (AvgIpc) is 2.38. The molecule has 0 bridgehead atoms. The van der Waals surface area contributed by atoms with Gasteiger partial charge in [-0.25, -0.2) is 4.39 Å². The lowest BCUT2D eigenvalue weighted by molar-refractivity contribution is -0.136. The highest BCUT2D eigenvalue weighted by atomic mass is 19.1. The van der Waals surface area contributed by atoms with E-state index in [1.807, 2.05) is 0 Å². The number of carbonyl (C=O) groups is 1. The third-order valence-electron chi connectivity index (χ3n) is 2.52. The van der Waals surface area contributed by atoms with E-state index in [0.29, 0.717) is 17.0 Å². The molecule has 0 aliphatic rings. The number of rotatable bonds is 4. The molecular formula is C13H11FN2O3. The van der Waals surface area contributed by atoms with Crippen molar-refractivity contribution in [2.24, 2.45) is 0 Å². The summed E-state index contributed by atoms with van der Waals surface area (Å²) in [6.07, 6.45) is 2.57. The van der Waals surface area contributed by atoms with E-state index in [9.17, 15) is 9.18 Å². The van der Waals surface area contributed by atoms with Gasteiger partial charge in [-0.1, -0.05) is 0 Å². The van der Waals surface area contributed by atoms with Crippen molar-refractivity contribution >= 4 is 5.97 Å². The smallest absolute Gasteiger partial charge is 0.309 e. The first-order valence-electron chi connectivity index (χ1n) is 5.47. The average molecular weight is 262 g/mol. The van der Waals surface area contributed by atoms with Crippen molar-refractivity contribution < 1.29 is 19.0 Å². The molecular weight excluding hydrogens is 251 g/mol. The van der Waals surface area contributed by atoms with Crippen molar-refractivity contribution in [1.82, 2.24) is 9.97 Å². The number of carboxylic acid groups (broad SMARTS) is 1. The third-order valence-corrected chi connectivity index (χ3v) is 2.52. The number of benzene rings is 1. The minimum absolute atomic E-state index is 0.118. The molecule has 0 saturated carbocycles. The molecule has 0 aliphatic carbocycles. The van der Waals surface area contributed by atoms with Crippen LogP contribution >= 0.6 is 0 Å². The van der Waals surface area contributed by atoms with Crippen LogP contribution in [-0.4, -0.2) is 28.2 Å². The largest absolute Gasteiger partial charge is 0.494 e. The van der Waals surface area contributed by atoms with Crippen LogP contribution < -0.4 is 4.74 Å². The van der Waals surface area contributed by atoms with Gasteiger partial charge in [0.1, 0.15) is 0 Å². The van der Waals surface area contributed by atoms with Crippen molar-refractivity contribution in [2.45, 2.75) is 6.42 Å². The lowest BCUT2D eigenvalue weighted by Crippen LogP contribution is -2.05. The van der Waals surface area contributed by atoms with Crippen LogP contribution in [0.5, 0.6) is 5.75 Å². The number of aliphatic carboxylic acids is 1. The molecule has 1 heterocycles. The molecule has 0 fully saturated rings. The molecule has 5 nitrogen and oxygen atoms in total. The Kier molecular flexibility index (Phi) is 3.70. The molecule has 0 saturated heterocycles. The molecule has 0 spiro atoms. The van der Waals surface area contributed by atoms with Gasteiger partial charge in [0, 0.05) is 18.0 Å². The van der Waals surface area contributed by atoms with Gasteiger partial charge in [-0.2, -0.15) is 0 Å². The summed E-state index contributed by atoms with van der Waals surface area (Å²) < 4.78 is 18.5. The van der Waals surface area contributed by atoms with Gasteiger partial charge < -0.3 is 9.84 Å². The van der Waals surface area contributed by atoms with E-state index in [1.165, 1.54) is 31.6 Å². The van der Waals surface area contributed by atoms with Crippen molar-refractivity contribution in [3.8, 4) is 17.0 Å². The Bertz CT molecular complexity index is 617. The Morgan fingerprint density at radius 3 is 2.74 bits per heavy atom. The predicted molar refractivity (Wildman–Crippen MR) is 65.3 cm³/mol. The molecule has 0 aliphatic heterocycles. The first-order valence-corrected chi connectivity index (χ1v) is 5.47. The van der Waals surface area contributed by atoms with Crippen LogP contribution in [0.2, 0.25) is 0 Å². The van der Waals surface area contributed by atoms with Crippen molar-refractivity contribution in [2.75, 3.05) is 7.11 Å². The number of hydrogen-bond donors (Lipinski definition) is 1. The van der Waals surface area contributed by atoms with Crippen molar-refractivity contribution in [3.05, 3.63) is 42.1 Å². The first-order chi connectivity index (χ1) is 9.11. The molecule has 98 valence electrons. The van der Waals surface area contributed by atoms with Gasteiger partial charge in [0.2, 0.25) is 0 Å². The maximum atomic E-state index is 13.6. The summed E-state index contributed by atoms with van der Waals surface area (Å²) in [6.45, 7) is 0. The summed E-state index contributed by atoms with van der Waals surface area (Å²) >= 11 is 0. The number of nitrogens with zero attached hydrogens (tertiary/aromatic N) is 2. The summed E-state index contributed by atoms with van der Waals surface area (Å²) in [5.74, 6) is -1.44. The fourth-order valence-corrected chi connectivity index (χ4v) is 1.69. The normalized spacial score (nSPS) is 10.2. The number of halogens is 1. The van der Waals surface area contributed by atoms with Crippen LogP contribution in [0.4, 0.5) is 4.39 Å². The molecule has 19 heavy (non-hydrogen) atoms. The second-order valence-corrected chi connectivity index (χ2v) is 3.77. The molecule has 1 aromatic carbocycles. The number of ether oxygens (including phenoxy) is 1. The van der Waals surface area contributed by atoms with Gasteiger partial charge in [-0.05, 0) is 18.2 Å². The van der Waals surface area contributed by atoms with Crippen LogP contribution in [-0.2, 0) is 11.2 Å². The van der Waals surface area contributed by atoms with Gasteiger partial charge in [-0.15, -0.1) is 0 Å². The van der Waals surface area contributed by atoms with E-state index in [0.717, 1.165) is 0 Å². The van der Waals surface area contributed by atoms with E-state index >= 15 is 0 Å². The first kappa shape index (κ1) is 12.9. The molecule has 2 rings (SSSR count).